The van der Waals surface area contributed by atoms with E-state index in [2.05, 4.69) is 30.9 Å². The highest BCUT2D eigenvalue weighted by Crippen LogP contribution is 2.21. The van der Waals surface area contributed by atoms with E-state index in [4.69, 9.17) is 0 Å². The number of aromatic carboxylic acids is 1. The minimum absolute atomic E-state index is 0.0131. The average Bonchev–Trinajstić information content (AvgIpc) is 2.73. The highest BCUT2D eigenvalue weighted by atomic mass is 16.4. The van der Waals surface area contributed by atoms with Gasteiger partial charge in [-0.3, -0.25) is 4.98 Å². The first-order valence-corrected chi connectivity index (χ1v) is 8.95. The summed E-state index contributed by atoms with van der Waals surface area (Å²) in [6.45, 7) is 2.76. The lowest BCUT2D eigenvalue weighted by Gasteiger charge is -2.10. The molecule has 0 aliphatic heterocycles. The van der Waals surface area contributed by atoms with Crippen LogP contribution in [0.15, 0.2) is 55.0 Å². The maximum absolute atomic E-state index is 12.0. The van der Waals surface area contributed by atoms with Crippen LogP contribution < -0.4 is 16.0 Å². The van der Waals surface area contributed by atoms with Crippen molar-refractivity contribution in [2.45, 2.75) is 13.5 Å². The predicted octanol–water partition coefficient (Wildman–Crippen LogP) is 2.99. The summed E-state index contributed by atoms with van der Waals surface area (Å²) < 4.78 is 0. The zero-order valence-electron chi connectivity index (χ0n) is 15.7. The van der Waals surface area contributed by atoms with Crippen LogP contribution in [0.2, 0.25) is 0 Å². The van der Waals surface area contributed by atoms with Gasteiger partial charge in [0, 0.05) is 42.9 Å². The number of aromatic nitrogens is 3. The van der Waals surface area contributed by atoms with Crippen molar-refractivity contribution in [2.75, 3.05) is 17.2 Å². The fourth-order valence-electron chi connectivity index (χ4n) is 2.54. The second-order valence-corrected chi connectivity index (χ2v) is 6.04. The lowest BCUT2D eigenvalue weighted by Crippen LogP contribution is -2.28. The van der Waals surface area contributed by atoms with E-state index in [1.807, 2.05) is 13.0 Å². The monoisotopic (exact) mass is 392 g/mol. The number of carboxylic acid groups (broad SMARTS) is 1. The van der Waals surface area contributed by atoms with Gasteiger partial charge in [0.15, 0.2) is 5.82 Å². The summed E-state index contributed by atoms with van der Waals surface area (Å²) in [4.78, 5) is 35.7. The molecule has 1 aromatic carbocycles. The first-order chi connectivity index (χ1) is 14.1. The molecule has 0 fully saturated rings. The summed E-state index contributed by atoms with van der Waals surface area (Å²) in [5.41, 5.74) is 2.21. The van der Waals surface area contributed by atoms with Crippen LogP contribution in [0.25, 0.3) is 11.4 Å². The quantitative estimate of drug-likeness (QED) is 0.486. The Morgan fingerprint density at radius 1 is 1.10 bits per heavy atom. The van der Waals surface area contributed by atoms with E-state index in [1.165, 1.54) is 6.20 Å². The molecule has 9 heteroatoms. The Balaban J connectivity index is 1.66. The molecule has 0 spiro atoms. The maximum atomic E-state index is 12.0. The van der Waals surface area contributed by atoms with Crippen molar-refractivity contribution in [3.05, 3.63) is 66.1 Å². The van der Waals surface area contributed by atoms with Crippen molar-refractivity contribution in [2.24, 2.45) is 0 Å². The van der Waals surface area contributed by atoms with Crippen LogP contribution in [0.5, 0.6) is 0 Å². The SMILES string of the molecule is CCNc1nc(-c2ccc(NC(=O)NCc3cccnc3)cc2)ncc1C(=O)O. The number of carboxylic acids is 1. The van der Waals surface area contributed by atoms with Crippen LogP contribution in [0, 0.1) is 0 Å². The first-order valence-electron chi connectivity index (χ1n) is 8.95. The van der Waals surface area contributed by atoms with Crippen molar-refractivity contribution in [3.63, 3.8) is 0 Å². The molecule has 148 valence electrons. The molecule has 2 amide bonds. The number of carbonyl (C=O) groups is 2. The Kier molecular flexibility index (Phi) is 6.31. The number of hydrogen-bond donors (Lipinski definition) is 4. The summed E-state index contributed by atoms with van der Waals surface area (Å²) >= 11 is 0. The Morgan fingerprint density at radius 2 is 1.90 bits per heavy atom. The zero-order valence-corrected chi connectivity index (χ0v) is 15.7. The van der Waals surface area contributed by atoms with Crippen LogP contribution in [-0.4, -0.2) is 38.6 Å². The van der Waals surface area contributed by atoms with E-state index in [-0.39, 0.29) is 17.4 Å². The number of urea groups is 1. The molecule has 0 radical (unpaired) electrons. The van der Waals surface area contributed by atoms with E-state index < -0.39 is 5.97 Å². The van der Waals surface area contributed by atoms with Gasteiger partial charge in [-0.25, -0.2) is 19.6 Å². The highest BCUT2D eigenvalue weighted by Gasteiger charge is 2.14. The number of amides is 2. The van der Waals surface area contributed by atoms with E-state index >= 15 is 0 Å². The van der Waals surface area contributed by atoms with Gasteiger partial charge in [-0.1, -0.05) is 6.07 Å². The van der Waals surface area contributed by atoms with Crippen molar-refractivity contribution in [3.8, 4) is 11.4 Å². The number of anilines is 2. The van der Waals surface area contributed by atoms with Crippen molar-refractivity contribution in [1.82, 2.24) is 20.3 Å². The first kappa shape index (κ1) is 19.7. The molecule has 0 unspecified atom stereocenters. The molecule has 0 saturated heterocycles. The van der Waals surface area contributed by atoms with Gasteiger partial charge < -0.3 is 21.1 Å². The Labute approximate surface area is 167 Å². The van der Waals surface area contributed by atoms with Crippen LogP contribution in [-0.2, 0) is 6.54 Å². The molecular weight excluding hydrogens is 372 g/mol. The third kappa shape index (κ3) is 5.25. The molecule has 9 nitrogen and oxygen atoms in total. The fourth-order valence-corrected chi connectivity index (χ4v) is 2.54. The lowest BCUT2D eigenvalue weighted by atomic mass is 10.2. The fraction of sp³-hybridized carbons (Fsp3) is 0.150. The summed E-state index contributed by atoms with van der Waals surface area (Å²) in [5, 5.41) is 17.7. The minimum atomic E-state index is -1.09. The normalized spacial score (nSPS) is 10.2. The molecule has 0 atom stereocenters. The second-order valence-electron chi connectivity index (χ2n) is 6.04. The van der Waals surface area contributed by atoms with Crippen LogP contribution in [0.1, 0.15) is 22.8 Å². The van der Waals surface area contributed by atoms with Crippen molar-refractivity contribution < 1.29 is 14.7 Å². The number of benzene rings is 1. The second kappa shape index (κ2) is 9.27. The van der Waals surface area contributed by atoms with Gasteiger partial charge in [-0.2, -0.15) is 0 Å². The largest absolute Gasteiger partial charge is 0.477 e. The Bertz CT molecular complexity index is 993. The van der Waals surface area contributed by atoms with Gasteiger partial charge in [-0.15, -0.1) is 0 Å². The topological polar surface area (TPSA) is 129 Å². The maximum Gasteiger partial charge on any atom is 0.341 e. The molecule has 2 heterocycles. The minimum Gasteiger partial charge on any atom is -0.477 e. The summed E-state index contributed by atoms with van der Waals surface area (Å²) in [5.74, 6) is -0.440. The van der Waals surface area contributed by atoms with E-state index in [1.54, 1.807) is 42.7 Å². The number of nitrogens with zero attached hydrogens (tertiary/aromatic N) is 3. The van der Waals surface area contributed by atoms with Crippen LogP contribution >= 0.6 is 0 Å². The molecule has 0 saturated carbocycles. The van der Waals surface area contributed by atoms with Gasteiger partial charge in [-0.05, 0) is 42.8 Å². The van der Waals surface area contributed by atoms with E-state index in [9.17, 15) is 14.7 Å². The lowest BCUT2D eigenvalue weighted by molar-refractivity contribution is 0.0697. The Morgan fingerprint density at radius 3 is 2.55 bits per heavy atom. The molecule has 3 rings (SSSR count). The van der Waals surface area contributed by atoms with Gasteiger partial charge in [0.05, 0.1) is 0 Å². The van der Waals surface area contributed by atoms with E-state index in [0.29, 0.717) is 30.2 Å². The smallest absolute Gasteiger partial charge is 0.341 e. The number of hydrogen-bond acceptors (Lipinski definition) is 6. The van der Waals surface area contributed by atoms with Gasteiger partial charge in [0.2, 0.25) is 0 Å². The average molecular weight is 392 g/mol. The van der Waals surface area contributed by atoms with Gasteiger partial charge in [0.25, 0.3) is 0 Å². The summed E-state index contributed by atoms with van der Waals surface area (Å²) in [7, 11) is 0. The standard InChI is InChI=1S/C20H20N6O3/c1-2-22-18-16(19(27)28)12-23-17(26-18)14-5-7-15(8-6-14)25-20(29)24-11-13-4-3-9-21-10-13/h3-10,12H,2,11H2,1H3,(H,27,28)(H,22,23,26)(H2,24,25,29). The van der Waals surface area contributed by atoms with Gasteiger partial charge >= 0.3 is 12.0 Å². The predicted molar refractivity (Wildman–Crippen MR) is 109 cm³/mol. The van der Waals surface area contributed by atoms with Crippen LogP contribution in [0.3, 0.4) is 0 Å². The third-order valence-corrected chi connectivity index (χ3v) is 3.94. The molecule has 0 bridgehead atoms. The molecule has 0 aliphatic carbocycles. The van der Waals surface area contributed by atoms with E-state index in [0.717, 1.165) is 5.56 Å². The number of rotatable bonds is 7. The zero-order chi connectivity index (χ0) is 20.6. The molecular formula is C20H20N6O3. The number of carbonyl (C=O) groups excluding carboxylic acids is 1. The number of nitrogens with one attached hydrogen (secondary N) is 3. The number of pyridine rings is 1. The van der Waals surface area contributed by atoms with Crippen LogP contribution in [0.4, 0.5) is 16.3 Å². The Hall–Kier alpha value is -4.01. The molecule has 4 N–H and O–H groups in total. The van der Waals surface area contributed by atoms with Crippen molar-refractivity contribution in [1.29, 1.82) is 0 Å². The van der Waals surface area contributed by atoms with Gasteiger partial charge in [0.1, 0.15) is 11.4 Å². The third-order valence-electron chi connectivity index (χ3n) is 3.94. The van der Waals surface area contributed by atoms with Crippen molar-refractivity contribution >= 4 is 23.5 Å². The molecule has 29 heavy (non-hydrogen) atoms. The summed E-state index contributed by atoms with van der Waals surface area (Å²) in [6.07, 6.45) is 4.64. The summed E-state index contributed by atoms with van der Waals surface area (Å²) in [6, 6.07) is 10.3. The molecule has 2 aromatic heterocycles. The molecule has 3 aromatic rings. The molecule has 0 aliphatic rings. The highest BCUT2D eigenvalue weighted by molar-refractivity contribution is 5.93.